The summed E-state index contributed by atoms with van der Waals surface area (Å²) in [5, 5.41) is 12.5. The Morgan fingerprint density at radius 3 is 2.85 bits per heavy atom. The first kappa shape index (κ1) is 14.8. The minimum atomic E-state index is -0.250. The number of amides is 1. The molecule has 110 valence electrons. The van der Waals surface area contributed by atoms with Crippen molar-refractivity contribution in [1.82, 2.24) is 10.3 Å². The van der Waals surface area contributed by atoms with Gasteiger partial charge >= 0.3 is 0 Å². The standard InChI is InChI=1S/C15H23N3O2/c1-15(2)8-12(19)6-7-18(10-15)13-5-4-11(9-17-13)14(20)16-3/h4-5,9,12,19H,6-8,10H2,1-3H3,(H,16,20). The van der Waals surface area contributed by atoms with Crippen molar-refractivity contribution in [3.63, 3.8) is 0 Å². The first-order valence-corrected chi connectivity index (χ1v) is 7.02. The summed E-state index contributed by atoms with van der Waals surface area (Å²) in [7, 11) is 1.61. The molecule has 1 aliphatic heterocycles. The van der Waals surface area contributed by atoms with Crippen molar-refractivity contribution >= 4 is 11.7 Å². The number of nitrogens with zero attached hydrogens (tertiary/aromatic N) is 2. The average molecular weight is 277 g/mol. The third kappa shape index (κ3) is 3.48. The fourth-order valence-corrected chi connectivity index (χ4v) is 2.75. The van der Waals surface area contributed by atoms with E-state index in [4.69, 9.17) is 0 Å². The lowest BCUT2D eigenvalue weighted by molar-refractivity contribution is 0.0962. The van der Waals surface area contributed by atoms with Crippen LogP contribution in [0.5, 0.6) is 0 Å². The minimum absolute atomic E-state index is 0.0526. The van der Waals surface area contributed by atoms with E-state index in [0.717, 1.165) is 31.7 Å². The van der Waals surface area contributed by atoms with E-state index in [1.807, 2.05) is 6.07 Å². The van der Waals surface area contributed by atoms with Crippen LogP contribution in [0.3, 0.4) is 0 Å². The monoisotopic (exact) mass is 277 g/mol. The van der Waals surface area contributed by atoms with Crippen LogP contribution >= 0.6 is 0 Å². The fraction of sp³-hybridized carbons (Fsp3) is 0.600. The molecule has 2 N–H and O–H groups in total. The Balaban J connectivity index is 2.16. The zero-order valence-electron chi connectivity index (χ0n) is 12.4. The van der Waals surface area contributed by atoms with Gasteiger partial charge in [0.25, 0.3) is 5.91 Å². The predicted octanol–water partition coefficient (Wildman–Crippen LogP) is 1.43. The van der Waals surface area contributed by atoms with Gasteiger partial charge in [0, 0.05) is 26.3 Å². The SMILES string of the molecule is CNC(=O)c1ccc(N2CCC(O)CC(C)(C)C2)nc1. The molecule has 0 bridgehead atoms. The average Bonchev–Trinajstić information content (AvgIpc) is 2.55. The van der Waals surface area contributed by atoms with Gasteiger partial charge in [-0.1, -0.05) is 13.8 Å². The number of carbonyl (C=O) groups is 1. The van der Waals surface area contributed by atoms with Crippen LogP contribution in [0.1, 0.15) is 37.0 Å². The Labute approximate surface area is 120 Å². The summed E-state index contributed by atoms with van der Waals surface area (Å²) in [4.78, 5) is 18.1. The Bertz CT molecular complexity index is 471. The molecular weight excluding hydrogens is 254 g/mol. The number of rotatable bonds is 2. The number of hydrogen-bond donors (Lipinski definition) is 2. The van der Waals surface area contributed by atoms with E-state index in [2.05, 4.69) is 29.0 Å². The van der Waals surface area contributed by atoms with Crippen molar-refractivity contribution < 1.29 is 9.90 Å². The van der Waals surface area contributed by atoms with E-state index in [1.54, 1.807) is 19.3 Å². The predicted molar refractivity (Wildman–Crippen MR) is 78.9 cm³/mol. The van der Waals surface area contributed by atoms with Crippen molar-refractivity contribution in [2.75, 3.05) is 25.0 Å². The molecule has 0 aliphatic carbocycles. The number of anilines is 1. The molecule has 0 aromatic carbocycles. The minimum Gasteiger partial charge on any atom is -0.393 e. The normalized spacial score (nSPS) is 22.2. The van der Waals surface area contributed by atoms with Gasteiger partial charge in [0.05, 0.1) is 11.7 Å². The molecule has 1 atom stereocenters. The van der Waals surface area contributed by atoms with E-state index < -0.39 is 0 Å². The number of nitrogens with one attached hydrogen (secondary N) is 1. The van der Waals surface area contributed by atoms with Crippen LogP contribution in [0.4, 0.5) is 5.82 Å². The van der Waals surface area contributed by atoms with Crippen LogP contribution in [-0.4, -0.2) is 42.2 Å². The highest BCUT2D eigenvalue weighted by Crippen LogP contribution is 2.30. The van der Waals surface area contributed by atoms with Gasteiger partial charge in [-0.05, 0) is 30.4 Å². The lowest BCUT2D eigenvalue weighted by Gasteiger charge is -2.30. The second-order valence-electron chi connectivity index (χ2n) is 6.22. The van der Waals surface area contributed by atoms with Gasteiger partial charge in [0.1, 0.15) is 5.82 Å². The van der Waals surface area contributed by atoms with Crippen LogP contribution in [0.15, 0.2) is 18.3 Å². The maximum Gasteiger partial charge on any atom is 0.252 e. The van der Waals surface area contributed by atoms with Gasteiger partial charge in [-0.2, -0.15) is 0 Å². The maximum absolute atomic E-state index is 11.5. The molecule has 1 aromatic rings. The van der Waals surface area contributed by atoms with Gasteiger partial charge in [0.2, 0.25) is 0 Å². The fourth-order valence-electron chi connectivity index (χ4n) is 2.75. The highest BCUT2D eigenvalue weighted by atomic mass is 16.3. The topological polar surface area (TPSA) is 65.5 Å². The maximum atomic E-state index is 11.5. The summed E-state index contributed by atoms with van der Waals surface area (Å²) in [6.45, 7) is 5.97. The van der Waals surface area contributed by atoms with Gasteiger partial charge in [-0.15, -0.1) is 0 Å². The van der Waals surface area contributed by atoms with Crippen LogP contribution in [0.2, 0.25) is 0 Å². The van der Waals surface area contributed by atoms with E-state index in [9.17, 15) is 9.90 Å². The summed E-state index contributed by atoms with van der Waals surface area (Å²) >= 11 is 0. The lowest BCUT2D eigenvalue weighted by atomic mass is 9.87. The molecule has 2 heterocycles. The molecule has 0 radical (unpaired) electrons. The summed E-state index contributed by atoms with van der Waals surface area (Å²) < 4.78 is 0. The Hall–Kier alpha value is -1.62. The molecule has 1 aromatic heterocycles. The van der Waals surface area contributed by atoms with Crippen molar-refractivity contribution in [3.05, 3.63) is 23.9 Å². The largest absolute Gasteiger partial charge is 0.393 e. The first-order chi connectivity index (χ1) is 9.41. The van der Waals surface area contributed by atoms with Crippen LogP contribution in [-0.2, 0) is 0 Å². The van der Waals surface area contributed by atoms with Gasteiger partial charge in [-0.25, -0.2) is 4.98 Å². The van der Waals surface area contributed by atoms with Crippen molar-refractivity contribution in [1.29, 1.82) is 0 Å². The Morgan fingerprint density at radius 1 is 1.50 bits per heavy atom. The third-order valence-corrected chi connectivity index (χ3v) is 3.70. The molecular formula is C15H23N3O2. The molecule has 20 heavy (non-hydrogen) atoms. The quantitative estimate of drug-likeness (QED) is 0.858. The van der Waals surface area contributed by atoms with Crippen molar-refractivity contribution in [2.24, 2.45) is 5.41 Å². The second kappa shape index (κ2) is 5.79. The molecule has 2 rings (SSSR count). The molecule has 1 saturated heterocycles. The molecule has 1 amide bonds. The smallest absolute Gasteiger partial charge is 0.252 e. The molecule has 0 spiro atoms. The van der Waals surface area contributed by atoms with E-state index in [0.29, 0.717) is 5.56 Å². The van der Waals surface area contributed by atoms with Gasteiger partial charge < -0.3 is 15.3 Å². The summed E-state index contributed by atoms with van der Waals surface area (Å²) in [6.07, 6.45) is 2.91. The van der Waals surface area contributed by atoms with E-state index in [-0.39, 0.29) is 17.4 Å². The molecule has 0 saturated carbocycles. The van der Waals surface area contributed by atoms with E-state index >= 15 is 0 Å². The number of hydrogen-bond acceptors (Lipinski definition) is 4. The van der Waals surface area contributed by atoms with E-state index in [1.165, 1.54) is 0 Å². The second-order valence-corrected chi connectivity index (χ2v) is 6.22. The summed E-state index contributed by atoms with van der Waals surface area (Å²) in [5.74, 6) is 0.732. The first-order valence-electron chi connectivity index (χ1n) is 7.02. The molecule has 5 nitrogen and oxygen atoms in total. The van der Waals surface area contributed by atoms with Crippen LogP contribution < -0.4 is 10.2 Å². The summed E-state index contributed by atoms with van der Waals surface area (Å²) in [5.41, 5.74) is 0.613. The zero-order chi connectivity index (χ0) is 14.8. The highest BCUT2D eigenvalue weighted by Gasteiger charge is 2.29. The van der Waals surface area contributed by atoms with Gasteiger partial charge in [0.15, 0.2) is 0 Å². The number of aliphatic hydroxyl groups is 1. The highest BCUT2D eigenvalue weighted by molar-refractivity contribution is 5.93. The Morgan fingerprint density at radius 2 is 2.25 bits per heavy atom. The third-order valence-electron chi connectivity index (χ3n) is 3.70. The number of carbonyl (C=O) groups excluding carboxylic acids is 1. The van der Waals surface area contributed by atoms with Gasteiger partial charge in [-0.3, -0.25) is 4.79 Å². The zero-order valence-corrected chi connectivity index (χ0v) is 12.4. The molecule has 1 aliphatic rings. The molecule has 1 fully saturated rings. The Kier molecular flexibility index (Phi) is 4.28. The van der Waals surface area contributed by atoms with Crippen LogP contribution in [0.25, 0.3) is 0 Å². The van der Waals surface area contributed by atoms with Crippen molar-refractivity contribution in [3.8, 4) is 0 Å². The summed E-state index contributed by atoms with van der Waals surface area (Å²) in [6, 6.07) is 3.66. The number of aromatic nitrogens is 1. The molecule has 1 unspecified atom stereocenters. The molecule has 5 heteroatoms. The van der Waals surface area contributed by atoms with Crippen LogP contribution in [0, 0.1) is 5.41 Å². The van der Waals surface area contributed by atoms with Crippen molar-refractivity contribution in [2.45, 2.75) is 32.8 Å². The number of aliphatic hydroxyl groups excluding tert-OH is 1. The lowest BCUT2D eigenvalue weighted by Crippen LogP contribution is -2.33. The number of pyridine rings is 1.